The Morgan fingerprint density at radius 3 is 2.92 bits per heavy atom. The van der Waals surface area contributed by atoms with E-state index in [1.807, 2.05) is 0 Å². The Morgan fingerprint density at radius 1 is 1.54 bits per heavy atom. The van der Waals surface area contributed by atoms with Crippen LogP contribution in [0.25, 0.3) is 10.4 Å². The van der Waals surface area contributed by atoms with Crippen LogP contribution in [0.3, 0.4) is 0 Å². The molecular weight excluding hydrogens is 188 g/mol. The number of aliphatic imine (C=N–C) groups is 1. The lowest BCUT2D eigenvalue weighted by Gasteiger charge is -1.94. The van der Waals surface area contributed by atoms with E-state index in [4.69, 9.17) is 17.1 Å². The van der Waals surface area contributed by atoms with E-state index in [1.165, 1.54) is 0 Å². The van der Waals surface area contributed by atoms with Crippen LogP contribution >= 0.6 is 11.6 Å². The summed E-state index contributed by atoms with van der Waals surface area (Å²) in [5.74, 6) is 0.366. The van der Waals surface area contributed by atoms with Gasteiger partial charge in [0, 0.05) is 9.93 Å². The highest BCUT2D eigenvalue weighted by molar-refractivity contribution is 6.30. The lowest BCUT2D eigenvalue weighted by Crippen LogP contribution is -1.80. The summed E-state index contributed by atoms with van der Waals surface area (Å²) in [6.45, 7) is 1.63. The van der Waals surface area contributed by atoms with Crippen LogP contribution in [0.15, 0.2) is 34.4 Å². The van der Waals surface area contributed by atoms with Crippen LogP contribution in [0.1, 0.15) is 6.92 Å². The number of azide groups is 1. The van der Waals surface area contributed by atoms with Crippen molar-refractivity contribution in [2.24, 2.45) is 10.1 Å². The molecule has 0 amide bonds. The molecular formula is C8H7ClN4. The maximum Gasteiger partial charge on any atom is 0.101 e. The van der Waals surface area contributed by atoms with Gasteiger partial charge < -0.3 is 0 Å². The Balaban J connectivity index is 2.97. The molecule has 0 N–H and O–H groups in total. The largest absolute Gasteiger partial charge is 0.251 e. The second-order valence-electron chi connectivity index (χ2n) is 2.33. The first-order valence-electron chi connectivity index (χ1n) is 3.58. The van der Waals surface area contributed by atoms with Gasteiger partial charge in [-0.3, -0.25) is 4.99 Å². The molecule has 4 nitrogen and oxygen atoms in total. The number of nitrogens with zero attached hydrogens (tertiary/aromatic N) is 4. The molecule has 13 heavy (non-hydrogen) atoms. The fourth-order valence-corrected chi connectivity index (χ4v) is 1.00. The highest BCUT2D eigenvalue weighted by Crippen LogP contribution is 2.17. The number of hydrogen-bond acceptors (Lipinski definition) is 1. The van der Waals surface area contributed by atoms with Crippen LogP contribution in [-0.2, 0) is 0 Å². The van der Waals surface area contributed by atoms with E-state index < -0.39 is 0 Å². The monoisotopic (exact) mass is 194 g/mol. The third-order valence-corrected chi connectivity index (χ3v) is 1.52. The number of halogens is 1. The van der Waals surface area contributed by atoms with Gasteiger partial charge in [-0.25, -0.2) is 0 Å². The second-order valence-corrected chi connectivity index (χ2v) is 2.76. The maximum atomic E-state index is 8.12. The third kappa shape index (κ3) is 3.15. The molecule has 5 heteroatoms. The van der Waals surface area contributed by atoms with Gasteiger partial charge in [0.25, 0.3) is 0 Å². The Labute approximate surface area is 80.5 Å². The van der Waals surface area contributed by atoms with Crippen LogP contribution in [-0.4, -0.2) is 5.84 Å². The molecule has 0 heterocycles. The topological polar surface area (TPSA) is 61.1 Å². The second kappa shape index (κ2) is 4.50. The smallest absolute Gasteiger partial charge is 0.101 e. The van der Waals surface area contributed by atoms with Crippen molar-refractivity contribution in [2.75, 3.05) is 0 Å². The summed E-state index contributed by atoms with van der Waals surface area (Å²) in [4.78, 5) is 6.64. The number of rotatable bonds is 1. The fourth-order valence-electron chi connectivity index (χ4n) is 0.820. The van der Waals surface area contributed by atoms with Gasteiger partial charge in [0.05, 0.1) is 5.69 Å². The SMILES string of the molecule is CC(N=[N+]=[N-])=Nc1cccc(Cl)c1. The number of amidine groups is 1. The van der Waals surface area contributed by atoms with E-state index in [1.54, 1.807) is 31.2 Å². The van der Waals surface area contributed by atoms with Crippen molar-refractivity contribution in [3.05, 3.63) is 39.7 Å². The zero-order valence-electron chi connectivity index (χ0n) is 6.98. The van der Waals surface area contributed by atoms with Gasteiger partial charge in [-0.15, -0.1) is 0 Å². The summed E-state index contributed by atoms with van der Waals surface area (Å²) >= 11 is 5.73. The predicted molar refractivity (Wildman–Crippen MR) is 53.4 cm³/mol. The minimum Gasteiger partial charge on any atom is -0.251 e. The molecule has 66 valence electrons. The highest BCUT2D eigenvalue weighted by Gasteiger charge is 1.91. The van der Waals surface area contributed by atoms with Crippen molar-refractivity contribution in [3.8, 4) is 0 Å². The predicted octanol–water partition coefficient (Wildman–Crippen LogP) is 3.70. The van der Waals surface area contributed by atoms with Crippen molar-refractivity contribution in [3.63, 3.8) is 0 Å². The van der Waals surface area contributed by atoms with Crippen molar-refractivity contribution < 1.29 is 0 Å². The normalized spacial score (nSPS) is 10.8. The first-order chi connectivity index (χ1) is 6.22. The fraction of sp³-hybridized carbons (Fsp3) is 0.125. The standard InChI is InChI=1S/C8H7ClN4/c1-6(12-13-10)11-8-4-2-3-7(9)5-8/h2-5H,1H3. The molecule has 0 fully saturated rings. The molecule has 0 saturated carbocycles. The van der Waals surface area contributed by atoms with Gasteiger partial charge in [0.15, 0.2) is 0 Å². The van der Waals surface area contributed by atoms with Crippen LogP contribution in [0.4, 0.5) is 5.69 Å². The Hall–Kier alpha value is -1.51. The van der Waals surface area contributed by atoms with E-state index in [0.29, 0.717) is 16.5 Å². The van der Waals surface area contributed by atoms with Crippen LogP contribution in [0.2, 0.25) is 5.02 Å². The molecule has 0 spiro atoms. The lowest BCUT2D eigenvalue weighted by atomic mass is 10.3. The van der Waals surface area contributed by atoms with Crippen molar-refractivity contribution in [2.45, 2.75) is 6.92 Å². The van der Waals surface area contributed by atoms with Gasteiger partial charge in [-0.2, -0.15) is 0 Å². The Bertz CT molecular complexity index is 379. The quantitative estimate of drug-likeness (QED) is 0.215. The van der Waals surface area contributed by atoms with E-state index in [0.717, 1.165) is 0 Å². The molecule has 0 saturated heterocycles. The average Bonchev–Trinajstić information content (AvgIpc) is 2.04. The van der Waals surface area contributed by atoms with E-state index in [9.17, 15) is 0 Å². The molecule has 0 aliphatic rings. The highest BCUT2D eigenvalue weighted by atomic mass is 35.5. The molecule has 0 unspecified atom stereocenters. The summed E-state index contributed by atoms with van der Waals surface area (Å²) in [5, 5.41) is 3.94. The van der Waals surface area contributed by atoms with E-state index in [-0.39, 0.29) is 0 Å². The summed E-state index contributed by atoms with van der Waals surface area (Å²) in [6, 6.07) is 7.01. The van der Waals surface area contributed by atoms with Gasteiger partial charge >= 0.3 is 0 Å². The molecule has 1 aromatic rings. The Morgan fingerprint density at radius 2 is 2.31 bits per heavy atom. The first-order valence-corrected chi connectivity index (χ1v) is 3.96. The summed E-state index contributed by atoms with van der Waals surface area (Å²) < 4.78 is 0. The number of benzene rings is 1. The minimum absolute atomic E-state index is 0.366. The van der Waals surface area contributed by atoms with Crippen LogP contribution in [0.5, 0.6) is 0 Å². The Kier molecular flexibility index (Phi) is 3.31. The van der Waals surface area contributed by atoms with Gasteiger partial charge in [0.1, 0.15) is 5.84 Å². The van der Waals surface area contributed by atoms with E-state index in [2.05, 4.69) is 15.0 Å². The molecule has 0 atom stereocenters. The van der Waals surface area contributed by atoms with Gasteiger partial charge in [-0.1, -0.05) is 17.7 Å². The minimum atomic E-state index is 0.366. The number of hydrogen-bond donors (Lipinski definition) is 0. The van der Waals surface area contributed by atoms with E-state index >= 15 is 0 Å². The van der Waals surface area contributed by atoms with Crippen molar-refractivity contribution in [1.82, 2.24) is 0 Å². The maximum absolute atomic E-state index is 8.12. The van der Waals surface area contributed by atoms with Crippen LogP contribution in [0, 0.1) is 0 Å². The molecule has 0 radical (unpaired) electrons. The molecule has 0 aliphatic carbocycles. The summed E-state index contributed by atoms with van der Waals surface area (Å²) in [5.41, 5.74) is 8.80. The van der Waals surface area contributed by atoms with Gasteiger partial charge in [0.2, 0.25) is 0 Å². The van der Waals surface area contributed by atoms with Crippen LogP contribution < -0.4 is 0 Å². The van der Waals surface area contributed by atoms with Crippen molar-refractivity contribution in [1.29, 1.82) is 0 Å². The van der Waals surface area contributed by atoms with Gasteiger partial charge in [-0.05, 0) is 35.8 Å². The third-order valence-electron chi connectivity index (χ3n) is 1.29. The lowest BCUT2D eigenvalue weighted by molar-refractivity contribution is 1.43. The zero-order valence-corrected chi connectivity index (χ0v) is 7.73. The molecule has 0 bridgehead atoms. The molecule has 0 aromatic heterocycles. The summed E-state index contributed by atoms with van der Waals surface area (Å²) in [7, 11) is 0. The molecule has 1 rings (SSSR count). The first kappa shape index (κ1) is 9.58. The average molecular weight is 195 g/mol. The zero-order chi connectivity index (χ0) is 9.68. The molecule has 0 aliphatic heterocycles. The molecule has 1 aromatic carbocycles. The summed E-state index contributed by atoms with van der Waals surface area (Å²) in [6.07, 6.45) is 0. The van der Waals surface area contributed by atoms with Crippen molar-refractivity contribution >= 4 is 23.1 Å².